The number of aromatic nitrogens is 1. The van der Waals surface area contributed by atoms with Crippen molar-refractivity contribution in [1.82, 2.24) is 9.88 Å². The van der Waals surface area contributed by atoms with Gasteiger partial charge < -0.3 is 15.0 Å². The third-order valence-corrected chi connectivity index (χ3v) is 5.71. The maximum absolute atomic E-state index is 13.2. The highest BCUT2D eigenvalue weighted by Gasteiger charge is 2.22. The van der Waals surface area contributed by atoms with Gasteiger partial charge in [-0.1, -0.05) is 42.5 Å². The Kier molecular flexibility index (Phi) is 7.06. The summed E-state index contributed by atoms with van der Waals surface area (Å²) in [6.07, 6.45) is 1.95. The zero-order valence-corrected chi connectivity index (χ0v) is 17.8. The first-order chi connectivity index (χ1) is 14.4. The number of hydrogen-bond donors (Lipinski definition) is 2. The van der Waals surface area contributed by atoms with Crippen LogP contribution >= 0.6 is 0 Å². The van der Waals surface area contributed by atoms with Crippen molar-refractivity contribution in [3.05, 3.63) is 94.1 Å². The van der Waals surface area contributed by atoms with Gasteiger partial charge in [0.25, 0.3) is 0 Å². The summed E-state index contributed by atoms with van der Waals surface area (Å²) in [5, 5.41) is 13.3. The number of nitrogens with one attached hydrogen (secondary N) is 1. The van der Waals surface area contributed by atoms with Crippen LogP contribution in [0, 0.1) is 19.7 Å². The fraction of sp³-hybridized carbons (Fsp3) is 0.320. The van der Waals surface area contributed by atoms with Crippen molar-refractivity contribution in [2.45, 2.75) is 52.7 Å². The Morgan fingerprint density at radius 3 is 2.33 bits per heavy atom. The number of benzene rings is 2. The topological polar surface area (TPSA) is 54.3 Å². The van der Waals surface area contributed by atoms with Crippen LogP contribution in [0.3, 0.4) is 0 Å². The molecule has 4 nitrogen and oxygen atoms in total. The zero-order chi connectivity index (χ0) is 21.7. The Labute approximate surface area is 177 Å². The van der Waals surface area contributed by atoms with Gasteiger partial charge in [-0.3, -0.25) is 0 Å². The zero-order valence-electron chi connectivity index (χ0n) is 17.8. The van der Waals surface area contributed by atoms with Gasteiger partial charge >= 0.3 is 5.97 Å². The molecule has 0 amide bonds. The van der Waals surface area contributed by atoms with E-state index in [2.05, 4.69) is 24.4 Å². The van der Waals surface area contributed by atoms with Crippen molar-refractivity contribution in [1.29, 1.82) is 0 Å². The van der Waals surface area contributed by atoms with E-state index in [-0.39, 0.29) is 11.9 Å². The minimum Gasteiger partial charge on any atom is -0.478 e. The number of carboxylic acid groups (broad SMARTS) is 1. The van der Waals surface area contributed by atoms with E-state index < -0.39 is 5.97 Å². The van der Waals surface area contributed by atoms with Crippen molar-refractivity contribution in [3.8, 4) is 0 Å². The van der Waals surface area contributed by atoms with Gasteiger partial charge in [-0.25, -0.2) is 9.18 Å². The minimum absolute atomic E-state index is 0.256. The quantitative estimate of drug-likeness (QED) is 0.518. The summed E-state index contributed by atoms with van der Waals surface area (Å²) in [7, 11) is 0. The lowest BCUT2D eigenvalue weighted by Crippen LogP contribution is -2.27. The van der Waals surface area contributed by atoms with Crippen LogP contribution in [0.15, 0.2) is 54.6 Å². The third-order valence-electron chi connectivity index (χ3n) is 5.71. The summed E-state index contributed by atoms with van der Waals surface area (Å²) in [6.45, 7) is 6.93. The molecule has 3 rings (SSSR count). The molecule has 0 aliphatic heterocycles. The van der Waals surface area contributed by atoms with E-state index in [1.54, 1.807) is 12.1 Å². The van der Waals surface area contributed by atoms with Gasteiger partial charge in [-0.2, -0.15) is 0 Å². The highest BCUT2D eigenvalue weighted by molar-refractivity contribution is 5.91. The molecule has 0 aliphatic rings. The first-order valence-electron chi connectivity index (χ1n) is 10.3. The highest BCUT2D eigenvalue weighted by Crippen LogP contribution is 2.24. The van der Waals surface area contributed by atoms with Gasteiger partial charge in [0.1, 0.15) is 5.82 Å². The molecule has 5 heteroatoms. The van der Waals surface area contributed by atoms with Crippen LogP contribution in [-0.4, -0.2) is 21.7 Å². The van der Waals surface area contributed by atoms with Crippen LogP contribution in [0.25, 0.3) is 0 Å². The number of nitrogens with zero attached hydrogens (tertiary/aromatic N) is 1. The number of hydrogen-bond acceptors (Lipinski definition) is 2. The lowest BCUT2D eigenvalue weighted by molar-refractivity contribution is 0.0694. The molecule has 0 aliphatic carbocycles. The largest absolute Gasteiger partial charge is 0.478 e. The average molecular weight is 409 g/mol. The Bertz CT molecular complexity index is 994. The molecule has 158 valence electrons. The van der Waals surface area contributed by atoms with E-state index in [0.717, 1.165) is 35.4 Å². The van der Waals surface area contributed by atoms with Crippen molar-refractivity contribution >= 4 is 5.97 Å². The van der Waals surface area contributed by atoms with Crippen molar-refractivity contribution in [2.24, 2.45) is 0 Å². The van der Waals surface area contributed by atoms with E-state index in [9.17, 15) is 14.3 Å². The van der Waals surface area contributed by atoms with Crippen molar-refractivity contribution < 1.29 is 14.3 Å². The van der Waals surface area contributed by atoms with E-state index in [0.29, 0.717) is 18.7 Å². The molecule has 1 heterocycles. The molecule has 1 aromatic heterocycles. The highest BCUT2D eigenvalue weighted by atomic mass is 19.1. The first-order valence-corrected chi connectivity index (χ1v) is 10.3. The van der Waals surface area contributed by atoms with Crippen LogP contribution < -0.4 is 5.32 Å². The van der Waals surface area contributed by atoms with Gasteiger partial charge in [0, 0.05) is 36.1 Å². The normalized spacial score (nSPS) is 12.1. The van der Waals surface area contributed by atoms with Crippen molar-refractivity contribution in [2.75, 3.05) is 0 Å². The van der Waals surface area contributed by atoms with Crippen LogP contribution in [-0.2, 0) is 19.5 Å². The average Bonchev–Trinajstić information content (AvgIpc) is 2.97. The third kappa shape index (κ3) is 5.16. The molecule has 3 aromatic rings. The summed E-state index contributed by atoms with van der Waals surface area (Å²) < 4.78 is 15.2. The molecule has 0 bridgehead atoms. The minimum atomic E-state index is -0.915. The number of carbonyl (C=O) groups is 1. The van der Waals surface area contributed by atoms with Gasteiger partial charge in [-0.15, -0.1) is 0 Å². The SMILES string of the molecule is Cc1c(CN[C@@H](C)CCc2ccccc2)c(C(=O)O)c(C)n1Cc1ccc(F)cc1. The fourth-order valence-corrected chi connectivity index (χ4v) is 3.86. The molecular weight excluding hydrogens is 379 g/mol. The summed E-state index contributed by atoms with van der Waals surface area (Å²) >= 11 is 0. The van der Waals surface area contributed by atoms with Gasteiger partial charge in [0.2, 0.25) is 0 Å². The lowest BCUT2D eigenvalue weighted by Gasteiger charge is -2.15. The predicted octanol–water partition coefficient (Wildman–Crippen LogP) is 5.10. The molecule has 0 unspecified atom stereocenters. The molecule has 2 N–H and O–H groups in total. The number of aromatic carboxylic acids is 1. The number of aryl methyl sites for hydroxylation is 1. The van der Waals surface area contributed by atoms with Crippen LogP contribution in [0.4, 0.5) is 4.39 Å². The molecule has 2 aromatic carbocycles. The molecule has 0 fully saturated rings. The van der Waals surface area contributed by atoms with Crippen molar-refractivity contribution in [3.63, 3.8) is 0 Å². The monoisotopic (exact) mass is 408 g/mol. The van der Waals surface area contributed by atoms with E-state index in [1.165, 1.54) is 17.7 Å². The molecule has 0 radical (unpaired) electrons. The van der Waals surface area contributed by atoms with Gasteiger partial charge in [-0.05, 0) is 56.9 Å². The summed E-state index contributed by atoms with van der Waals surface area (Å²) in [6, 6.07) is 16.9. The summed E-state index contributed by atoms with van der Waals surface area (Å²) in [5.74, 6) is -1.19. The van der Waals surface area contributed by atoms with E-state index in [1.807, 2.05) is 36.6 Å². The fourth-order valence-electron chi connectivity index (χ4n) is 3.86. The lowest BCUT2D eigenvalue weighted by atomic mass is 10.1. The Morgan fingerprint density at radius 2 is 1.70 bits per heavy atom. The Morgan fingerprint density at radius 1 is 1.03 bits per heavy atom. The van der Waals surface area contributed by atoms with Crippen LogP contribution in [0.2, 0.25) is 0 Å². The Balaban J connectivity index is 1.73. The first kappa shape index (κ1) is 21.8. The number of carboxylic acids is 1. The molecular formula is C25H29FN2O2. The molecule has 0 saturated heterocycles. The maximum atomic E-state index is 13.2. The predicted molar refractivity (Wildman–Crippen MR) is 117 cm³/mol. The summed E-state index contributed by atoms with van der Waals surface area (Å²) in [5.41, 5.74) is 5.06. The second-order valence-electron chi connectivity index (χ2n) is 7.85. The Hall–Kier alpha value is -2.92. The van der Waals surface area contributed by atoms with Gasteiger partial charge in [0.15, 0.2) is 0 Å². The smallest absolute Gasteiger partial charge is 0.337 e. The van der Waals surface area contributed by atoms with E-state index in [4.69, 9.17) is 0 Å². The second kappa shape index (κ2) is 9.72. The molecule has 30 heavy (non-hydrogen) atoms. The molecule has 0 spiro atoms. The molecule has 0 saturated carbocycles. The number of rotatable bonds is 9. The van der Waals surface area contributed by atoms with Gasteiger partial charge in [0.05, 0.1) is 5.56 Å². The second-order valence-corrected chi connectivity index (χ2v) is 7.85. The van der Waals surface area contributed by atoms with Crippen LogP contribution in [0.5, 0.6) is 0 Å². The summed E-state index contributed by atoms with van der Waals surface area (Å²) in [4.78, 5) is 12.0. The molecule has 1 atom stereocenters. The van der Waals surface area contributed by atoms with E-state index >= 15 is 0 Å². The maximum Gasteiger partial charge on any atom is 0.337 e. The number of halogens is 1. The standard InChI is InChI=1S/C25H29FN2O2/c1-17(9-10-20-7-5-4-6-8-20)27-15-23-18(2)28(19(3)24(23)25(29)30)16-21-11-13-22(26)14-12-21/h4-8,11-14,17,27H,9-10,15-16H2,1-3H3,(H,29,30)/t17-/m0/s1. The van der Waals surface area contributed by atoms with Crippen LogP contribution in [0.1, 0.15) is 51.8 Å².